The summed E-state index contributed by atoms with van der Waals surface area (Å²) in [5.41, 5.74) is 1.28. The smallest absolute Gasteiger partial charge is 0.140 e. The molecule has 0 aliphatic rings. The van der Waals surface area contributed by atoms with Gasteiger partial charge >= 0.3 is 0 Å². The van der Waals surface area contributed by atoms with Crippen molar-refractivity contribution in [1.29, 1.82) is 0 Å². The minimum absolute atomic E-state index is 0.387. The van der Waals surface area contributed by atoms with Gasteiger partial charge in [-0.1, -0.05) is 38.1 Å². The van der Waals surface area contributed by atoms with Crippen LogP contribution in [0.5, 0.6) is 11.5 Å². The molecule has 0 radical (unpaired) electrons. The van der Waals surface area contributed by atoms with Gasteiger partial charge in [-0.05, 0) is 65.4 Å². The van der Waals surface area contributed by atoms with Crippen LogP contribution in [0.25, 0.3) is 0 Å². The van der Waals surface area contributed by atoms with Crippen molar-refractivity contribution >= 4 is 22.6 Å². The molecule has 2 aromatic rings. The van der Waals surface area contributed by atoms with Crippen LogP contribution in [0, 0.1) is 3.57 Å². The van der Waals surface area contributed by atoms with E-state index in [-0.39, 0.29) is 0 Å². The highest BCUT2D eigenvalue weighted by molar-refractivity contribution is 14.1. The van der Waals surface area contributed by atoms with E-state index >= 15 is 0 Å². The quantitative estimate of drug-likeness (QED) is 0.700. The second kappa shape index (κ2) is 7.64. The summed E-state index contributed by atoms with van der Waals surface area (Å²) in [5.74, 6) is 1.80. The number of rotatable bonds is 6. The van der Waals surface area contributed by atoms with E-state index in [1.54, 1.807) is 0 Å². The van der Waals surface area contributed by atoms with Crippen LogP contribution in [-0.4, -0.2) is 6.54 Å². The maximum Gasteiger partial charge on any atom is 0.140 e. The molecule has 106 valence electrons. The highest BCUT2D eigenvalue weighted by Crippen LogP contribution is 2.28. The first kappa shape index (κ1) is 15.3. The maximum atomic E-state index is 5.99. The lowest BCUT2D eigenvalue weighted by Gasteiger charge is -2.17. The molecular formula is C17H20INO. The Morgan fingerprint density at radius 2 is 1.90 bits per heavy atom. The first-order chi connectivity index (χ1) is 9.74. The molecule has 0 saturated carbocycles. The van der Waals surface area contributed by atoms with Gasteiger partial charge in [-0.15, -0.1) is 0 Å². The average Bonchev–Trinajstić information content (AvgIpc) is 2.47. The highest BCUT2D eigenvalue weighted by Gasteiger charge is 2.09. The Labute approximate surface area is 134 Å². The predicted molar refractivity (Wildman–Crippen MR) is 92.4 cm³/mol. The molecule has 0 aliphatic heterocycles. The Morgan fingerprint density at radius 1 is 1.10 bits per heavy atom. The van der Waals surface area contributed by atoms with Gasteiger partial charge in [0.05, 0.1) is 3.57 Å². The summed E-state index contributed by atoms with van der Waals surface area (Å²) in [5, 5.41) is 3.49. The Morgan fingerprint density at radius 3 is 2.60 bits per heavy atom. The maximum absolute atomic E-state index is 5.99. The zero-order valence-electron chi connectivity index (χ0n) is 11.9. The van der Waals surface area contributed by atoms with E-state index in [0.717, 1.165) is 28.0 Å². The van der Waals surface area contributed by atoms with Gasteiger partial charge in [0.2, 0.25) is 0 Å². The van der Waals surface area contributed by atoms with Gasteiger partial charge in [-0.2, -0.15) is 0 Å². The van der Waals surface area contributed by atoms with Crippen molar-refractivity contribution in [3.8, 4) is 11.5 Å². The largest absolute Gasteiger partial charge is 0.456 e. The van der Waals surface area contributed by atoms with Crippen molar-refractivity contribution in [3.05, 3.63) is 57.7 Å². The van der Waals surface area contributed by atoms with Crippen molar-refractivity contribution in [2.45, 2.75) is 26.3 Å². The van der Waals surface area contributed by atoms with E-state index in [2.05, 4.69) is 60.0 Å². The Bertz CT molecular complexity index is 556. The number of para-hydroxylation sites is 1. The van der Waals surface area contributed by atoms with Gasteiger partial charge in [0.15, 0.2) is 0 Å². The normalized spacial score (nSPS) is 12.2. The van der Waals surface area contributed by atoms with Crippen LogP contribution in [0.1, 0.15) is 31.9 Å². The fourth-order valence-electron chi connectivity index (χ4n) is 2.19. The Balaban J connectivity index is 2.19. The predicted octanol–water partition coefficient (Wildman–Crippen LogP) is 5.14. The monoisotopic (exact) mass is 381 g/mol. The third-order valence-corrected chi connectivity index (χ3v) is 4.07. The summed E-state index contributed by atoms with van der Waals surface area (Å²) in [6.45, 7) is 5.30. The fraction of sp³-hybridized carbons (Fsp3) is 0.294. The topological polar surface area (TPSA) is 21.3 Å². The van der Waals surface area contributed by atoms with Gasteiger partial charge in [-0.3, -0.25) is 0 Å². The molecule has 2 rings (SSSR count). The Hall–Kier alpha value is -1.07. The SMILES string of the molecule is CCNC(CC)c1cccc(Oc2ccccc2I)c1. The summed E-state index contributed by atoms with van der Waals surface area (Å²) >= 11 is 2.29. The number of halogens is 1. The van der Waals surface area contributed by atoms with Crippen molar-refractivity contribution in [2.75, 3.05) is 6.54 Å². The lowest BCUT2D eigenvalue weighted by Crippen LogP contribution is -2.19. The van der Waals surface area contributed by atoms with E-state index in [1.165, 1.54) is 5.56 Å². The summed E-state index contributed by atoms with van der Waals surface area (Å²) in [4.78, 5) is 0. The molecule has 0 bridgehead atoms. The minimum atomic E-state index is 0.387. The molecule has 0 aromatic heterocycles. The van der Waals surface area contributed by atoms with Gasteiger partial charge in [0.25, 0.3) is 0 Å². The molecule has 0 heterocycles. The highest BCUT2D eigenvalue weighted by atomic mass is 127. The summed E-state index contributed by atoms with van der Waals surface area (Å²) in [7, 11) is 0. The molecule has 1 unspecified atom stereocenters. The lowest BCUT2D eigenvalue weighted by molar-refractivity contribution is 0.474. The number of ether oxygens (including phenoxy) is 1. The third-order valence-electron chi connectivity index (χ3n) is 3.18. The van der Waals surface area contributed by atoms with E-state index in [0.29, 0.717) is 6.04 Å². The van der Waals surface area contributed by atoms with Gasteiger partial charge in [-0.25, -0.2) is 0 Å². The van der Waals surface area contributed by atoms with Crippen LogP contribution in [0.3, 0.4) is 0 Å². The zero-order chi connectivity index (χ0) is 14.4. The molecule has 1 N–H and O–H groups in total. The van der Waals surface area contributed by atoms with Crippen LogP contribution in [0.2, 0.25) is 0 Å². The number of benzene rings is 2. The molecule has 0 fully saturated rings. The molecular weight excluding hydrogens is 361 g/mol. The third kappa shape index (κ3) is 3.96. The average molecular weight is 381 g/mol. The molecule has 3 heteroatoms. The van der Waals surface area contributed by atoms with Crippen LogP contribution in [0.15, 0.2) is 48.5 Å². The minimum Gasteiger partial charge on any atom is -0.456 e. The summed E-state index contributed by atoms with van der Waals surface area (Å²) < 4.78 is 7.11. The van der Waals surface area contributed by atoms with Crippen molar-refractivity contribution < 1.29 is 4.74 Å². The van der Waals surface area contributed by atoms with Crippen LogP contribution >= 0.6 is 22.6 Å². The summed E-state index contributed by atoms with van der Waals surface area (Å²) in [6.07, 6.45) is 1.07. The fourth-order valence-corrected chi connectivity index (χ4v) is 2.69. The second-order valence-corrected chi connectivity index (χ2v) is 5.79. The number of hydrogen-bond acceptors (Lipinski definition) is 2. The molecule has 0 saturated heterocycles. The first-order valence-corrected chi connectivity index (χ1v) is 8.08. The number of hydrogen-bond donors (Lipinski definition) is 1. The van der Waals surface area contributed by atoms with E-state index in [4.69, 9.17) is 4.74 Å². The van der Waals surface area contributed by atoms with Crippen molar-refractivity contribution in [2.24, 2.45) is 0 Å². The molecule has 20 heavy (non-hydrogen) atoms. The molecule has 2 aromatic carbocycles. The molecule has 0 amide bonds. The van der Waals surface area contributed by atoms with E-state index < -0.39 is 0 Å². The second-order valence-electron chi connectivity index (χ2n) is 4.62. The molecule has 0 spiro atoms. The Kier molecular flexibility index (Phi) is 5.86. The van der Waals surface area contributed by atoms with E-state index in [1.807, 2.05) is 30.3 Å². The van der Waals surface area contributed by atoms with Crippen LogP contribution in [-0.2, 0) is 0 Å². The van der Waals surface area contributed by atoms with Crippen LogP contribution < -0.4 is 10.1 Å². The number of nitrogens with one attached hydrogen (secondary N) is 1. The van der Waals surface area contributed by atoms with Gasteiger partial charge in [0.1, 0.15) is 11.5 Å². The molecule has 1 atom stereocenters. The summed E-state index contributed by atoms with van der Waals surface area (Å²) in [6, 6.07) is 16.8. The first-order valence-electron chi connectivity index (χ1n) is 7.00. The van der Waals surface area contributed by atoms with Crippen LogP contribution in [0.4, 0.5) is 0 Å². The van der Waals surface area contributed by atoms with Gasteiger partial charge < -0.3 is 10.1 Å². The standard InChI is InChI=1S/C17H20INO/c1-3-16(19-4-2)13-8-7-9-14(12-13)20-17-11-6-5-10-15(17)18/h5-12,16,19H,3-4H2,1-2H3. The van der Waals surface area contributed by atoms with Gasteiger partial charge in [0, 0.05) is 6.04 Å². The van der Waals surface area contributed by atoms with Crippen molar-refractivity contribution in [1.82, 2.24) is 5.32 Å². The molecule has 2 nitrogen and oxygen atoms in total. The zero-order valence-corrected chi connectivity index (χ0v) is 14.1. The molecule has 0 aliphatic carbocycles. The van der Waals surface area contributed by atoms with E-state index in [9.17, 15) is 0 Å². The lowest BCUT2D eigenvalue weighted by atomic mass is 10.0. The van der Waals surface area contributed by atoms with Crippen molar-refractivity contribution in [3.63, 3.8) is 0 Å².